The lowest BCUT2D eigenvalue weighted by Gasteiger charge is -2.38. The molecule has 0 radical (unpaired) electrons. The minimum Gasteiger partial charge on any atom is -0.361 e. The molecule has 1 fully saturated rings. The second-order valence-electron chi connectivity index (χ2n) is 5.89. The molecule has 0 bridgehead atoms. The average Bonchev–Trinajstić information content (AvgIpc) is 2.48. The van der Waals surface area contributed by atoms with Crippen LogP contribution in [0.5, 0.6) is 0 Å². The van der Waals surface area contributed by atoms with Crippen molar-refractivity contribution in [2.75, 3.05) is 18.4 Å². The van der Waals surface area contributed by atoms with Crippen molar-refractivity contribution in [3.05, 3.63) is 28.2 Å². The van der Waals surface area contributed by atoms with Crippen molar-refractivity contribution >= 4 is 46.2 Å². The Hall–Kier alpha value is -0.550. The Bertz CT molecular complexity index is 524. The fraction of sp³-hybridized carbons (Fsp3) is 0.562. The van der Waals surface area contributed by atoms with Crippen LogP contribution in [-0.2, 0) is 0 Å². The minimum absolute atomic E-state index is 0.454. The summed E-state index contributed by atoms with van der Waals surface area (Å²) in [5.74, 6) is 0. The molecule has 0 aromatic heterocycles. The third-order valence-electron chi connectivity index (χ3n) is 4.16. The first-order valence-corrected chi connectivity index (χ1v) is 8.89. The van der Waals surface area contributed by atoms with Crippen LogP contribution < -0.4 is 10.6 Å². The summed E-state index contributed by atoms with van der Waals surface area (Å²) < 4.78 is 0. The van der Waals surface area contributed by atoms with Crippen LogP contribution in [0.1, 0.15) is 33.1 Å². The molecular formula is C16H23Cl2N3S. The molecule has 2 rings (SSSR count). The first-order valence-electron chi connectivity index (χ1n) is 7.73. The summed E-state index contributed by atoms with van der Waals surface area (Å²) in [6.45, 7) is 6.54. The Labute approximate surface area is 148 Å². The fourth-order valence-corrected chi connectivity index (χ4v) is 3.54. The number of anilines is 1. The molecule has 0 aliphatic carbocycles. The van der Waals surface area contributed by atoms with Gasteiger partial charge in [0, 0.05) is 23.7 Å². The SMILES string of the molecule is C[C@@H]1CCCCN1[C@@H](C)CNC(=S)Nc1ccc(Cl)cc1Cl. The van der Waals surface area contributed by atoms with Gasteiger partial charge in [0.05, 0.1) is 10.7 Å². The van der Waals surface area contributed by atoms with Gasteiger partial charge in [0.1, 0.15) is 0 Å². The number of piperidine rings is 1. The van der Waals surface area contributed by atoms with Crippen LogP contribution in [0.3, 0.4) is 0 Å². The maximum absolute atomic E-state index is 6.13. The van der Waals surface area contributed by atoms with E-state index in [1.807, 2.05) is 6.07 Å². The van der Waals surface area contributed by atoms with Gasteiger partial charge < -0.3 is 10.6 Å². The number of halogens is 2. The Morgan fingerprint density at radius 1 is 1.41 bits per heavy atom. The molecule has 0 amide bonds. The molecule has 3 nitrogen and oxygen atoms in total. The highest BCUT2D eigenvalue weighted by atomic mass is 35.5. The van der Waals surface area contributed by atoms with E-state index in [9.17, 15) is 0 Å². The van der Waals surface area contributed by atoms with Crippen LogP contribution in [0.25, 0.3) is 0 Å². The number of nitrogens with one attached hydrogen (secondary N) is 2. The summed E-state index contributed by atoms with van der Waals surface area (Å²) in [6, 6.07) is 6.42. The summed E-state index contributed by atoms with van der Waals surface area (Å²) >= 11 is 17.4. The molecule has 2 N–H and O–H groups in total. The van der Waals surface area contributed by atoms with Crippen LogP contribution in [-0.4, -0.2) is 35.2 Å². The van der Waals surface area contributed by atoms with Crippen molar-refractivity contribution < 1.29 is 0 Å². The molecule has 1 aliphatic rings. The molecule has 2 atom stereocenters. The van der Waals surface area contributed by atoms with Gasteiger partial charge in [-0.25, -0.2) is 0 Å². The number of benzene rings is 1. The topological polar surface area (TPSA) is 27.3 Å². The maximum atomic E-state index is 6.13. The number of nitrogens with zero attached hydrogens (tertiary/aromatic N) is 1. The van der Waals surface area contributed by atoms with Crippen molar-refractivity contribution in [2.24, 2.45) is 0 Å². The second-order valence-corrected chi connectivity index (χ2v) is 7.14. The third kappa shape index (κ3) is 4.98. The standard InChI is InChI=1S/C16H23Cl2N3S/c1-11-5-3-4-8-21(11)12(2)10-19-16(22)20-15-7-6-13(17)9-14(15)18/h6-7,9,11-12H,3-5,8,10H2,1-2H3,(H2,19,20,22)/t11-,12+/m1/s1. The number of thiocarbonyl (C=S) groups is 1. The normalized spacial score (nSPS) is 20.5. The lowest BCUT2D eigenvalue weighted by Crippen LogP contribution is -2.49. The van der Waals surface area contributed by atoms with Crippen molar-refractivity contribution in [1.29, 1.82) is 0 Å². The van der Waals surface area contributed by atoms with E-state index in [-0.39, 0.29) is 0 Å². The third-order valence-corrected chi connectivity index (χ3v) is 4.95. The molecule has 22 heavy (non-hydrogen) atoms. The molecule has 1 saturated heterocycles. The zero-order valence-corrected chi connectivity index (χ0v) is 15.4. The van der Waals surface area contributed by atoms with E-state index < -0.39 is 0 Å². The Morgan fingerprint density at radius 2 is 2.18 bits per heavy atom. The summed E-state index contributed by atoms with van der Waals surface area (Å²) in [4.78, 5) is 2.55. The molecule has 1 aromatic rings. The van der Waals surface area contributed by atoms with Crippen LogP contribution >= 0.6 is 35.4 Å². The lowest BCUT2D eigenvalue weighted by atomic mass is 10.0. The van der Waals surface area contributed by atoms with Gasteiger partial charge in [-0.3, -0.25) is 4.90 Å². The molecule has 122 valence electrons. The van der Waals surface area contributed by atoms with E-state index in [0.29, 0.717) is 27.2 Å². The quantitative estimate of drug-likeness (QED) is 0.771. The lowest BCUT2D eigenvalue weighted by molar-refractivity contribution is 0.116. The largest absolute Gasteiger partial charge is 0.361 e. The van der Waals surface area contributed by atoms with E-state index in [0.717, 1.165) is 12.2 Å². The number of rotatable bonds is 4. The van der Waals surface area contributed by atoms with Gasteiger partial charge in [0.2, 0.25) is 0 Å². The summed E-state index contributed by atoms with van der Waals surface area (Å²) in [7, 11) is 0. The van der Waals surface area contributed by atoms with E-state index in [1.165, 1.54) is 25.8 Å². The van der Waals surface area contributed by atoms with Crippen LogP contribution in [0, 0.1) is 0 Å². The number of hydrogen-bond donors (Lipinski definition) is 2. The van der Waals surface area contributed by atoms with Crippen molar-refractivity contribution in [3.8, 4) is 0 Å². The Kier molecular flexibility index (Phi) is 6.75. The van der Waals surface area contributed by atoms with Gasteiger partial charge in [-0.1, -0.05) is 29.6 Å². The van der Waals surface area contributed by atoms with Gasteiger partial charge in [0.15, 0.2) is 5.11 Å². The van der Waals surface area contributed by atoms with Gasteiger partial charge in [-0.15, -0.1) is 0 Å². The van der Waals surface area contributed by atoms with Crippen LogP contribution in [0.15, 0.2) is 18.2 Å². The molecule has 6 heteroatoms. The fourth-order valence-electron chi connectivity index (χ4n) is 2.89. The molecule has 0 unspecified atom stereocenters. The van der Waals surface area contributed by atoms with Crippen molar-refractivity contribution in [1.82, 2.24) is 10.2 Å². The van der Waals surface area contributed by atoms with Crippen LogP contribution in [0.2, 0.25) is 10.0 Å². The average molecular weight is 360 g/mol. The predicted octanol–water partition coefficient (Wildman–Crippen LogP) is 4.54. The highest BCUT2D eigenvalue weighted by molar-refractivity contribution is 7.80. The summed E-state index contributed by atoms with van der Waals surface area (Å²) in [6.07, 6.45) is 3.91. The van der Waals surface area contributed by atoms with Gasteiger partial charge in [-0.2, -0.15) is 0 Å². The number of likely N-dealkylation sites (tertiary alicyclic amines) is 1. The molecule has 1 aliphatic heterocycles. The Balaban J connectivity index is 1.82. The monoisotopic (exact) mass is 359 g/mol. The predicted molar refractivity (Wildman–Crippen MR) is 100 cm³/mol. The highest BCUT2D eigenvalue weighted by Gasteiger charge is 2.22. The second kappa shape index (κ2) is 8.34. The van der Waals surface area contributed by atoms with Crippen molar-refractivity contribution in [2.45, 2.75) is 45.2 Å². The Morgan fingerprint density at radius 3 is 2.86 bits per heavy atom. The molecule has 0 spiro atoms. The maximum Gasteiger partial charge on any atom is 0.170 e. The molecule has 0 saturated carbocycles. The van der Waals surface area contributed by atoms with Crippen molar-refractivity contribution in [3.63, 3.8) is 0 Å². The highest BCUT2D eigenvalue weighted by Crippen LogP contribution is 2.25. The first kappa shape index (κ1) is 17.8. The molecular weight excluding hydrogens is 337 g/mol. The van der Waals surface area contributed by atoms with E-state index in [4.69, 9.17) is 35.4 Å². The zero-order chi connectivity index (χ0) is 16.1. The number of hydrogen-bond acceptors (Lipinski definition) is 2. The smallest absolute Gasteiger partial charge is 0.170 e. The van der Waals surface area contributed by atoms with Gasteiger partial charge in [0.25, 0.3) is 0 Å². The summed E-state index contributed by atoms with van der Waals surface area (Å²) in [5.41, 5.74) is 0.766. The zero-order valence-electron chi connectivity index (χ0n) is 13.0. The summed E-state index contributed by atoms with van der Waals surface area (Å²) in [5, 5.41) is 8.16. The minimum atomic E-state index is 0.454. The van der Waals surface area contributed by atoms with Gasteiger partial charge >= 0.3 is 0 Å². The van der Waals surface area contributed by atoms with Crippen LogP contribution in [0.4, 0.5) is 5.69 Å². The first-order chi connectivity index (χ1) is 10.5. The van der Waals surface area contributed by atoms with Gasteiger partial charge in [-0.05, 0) is 63.7 Å². The molecule has 1 aromatic carbocycles. The molecule has 1 heterocycles. The van der Waals surface area contributed by atoms with E-state index >= 15 is 0 Å². The van der Waals surface area contributed by atoms with E-state index in [1.54, 1.807) is 12.1 Å². The van der Waals surface area contributed by atoms with E-state index in [2.05, 4.69) is 29.4 Å².